The van der Waals surface area contributed by atoms with E-state index in [4.69, 9.17) is 0 Å². The summed E-state index contributed by atoms with van der Waals surface area (Å²) in [6, 6.07) is 0. The van der Waals surface area contributed by atoms with Crippen LogP contribution in [0.1, 0.15) is 52.9 Å². The van der Waals surface area contributed by atoms with Crippen LogP contribution in [-0.2, 0) is 0 Å². The molecule has 1 saturated heterocycles. The third kappa shape index (κ3) is 3.76. The zero-order valence-corrected chi connectivity index (χ0v) is 10.8. The molecule has 1 N–H and O–H groups in total. The predicted molar refractivity (Wildman–Crippen MR) is 67.3 cm³/mol. The number of rotatable bonds is 7. The van der Waals surface area contributed by atoms with Crippen molar-refractivity contribution in [3.05, 3.63) is 0 Å². The van der Waals surface area contributed by atoms with Gasteiger partial charge in [-0.15, -0.1) is 0 Å². The Labute approximate surface area is 95.4 Å². The van der Waals surface area contributed by atoms with Crippen LogP contribution < -0.4 is 5.32 Å². The minimum atomic E-state index is 0.435. The average Bonchev–Trinajstić information content (AvgIpc) is 2.68. The molecule has 0 aromatic heterocycles. The summed E-state index contributed by atoms with van der Waals surface area (Å²) in [5.74, 6) is 0. The number of hydrogen-bond acceptors (Lipinski definition) is 2. The molecule has 0 aliphatic carbocycles. The van der Waals surface area contributed by atoms with Crippen molar-refractivity contribution in [3.63, 3.8) is 0 Å². The van der Waals surface area contributed by atoms with Crippen LogP contribution in [0, 0.1) is 0 Å². The van der Waals surface area contributed by atoms with E-state index in [-0.39, 0.29) is 0 Å². The Bertz CT molecular complexity index is 156. The molecule has 15 heavy (non-hydrogen) atoms. The highest BCUT2D eigenvalue weighted by Gasteiger charge is 2.32. The second kappa shape index (κ2) is 6.49. The fraction of sp³-hybridized carbons (Fsp3) is 1.00. The SMILES string of the molecule is CCCN(CCC)CC1(CC)CCCN1. The molecule has 1 unspecified atom stereocenters. The van der Waals surface area contributed by atoms with E-state index in [1.165, 1.54) is 58.3 Å². The van der Waals surface area contributed by atoms with Gasteiger partial charge in [0.2, 0.25) is 0 Å². The van der Waals surface area contributed by atoms with Crippen molar-refractivity contribution in [2.75, 3.05) is 26.2 Å². The van der Waals surface area contributed by atoms with Crippen molar-refractivity contribution in [2.24, 2.45) is 0 Å². The molecule has 0 saturated carbocycles. The second-order valence-corrected chi connectivity index (χ2v) is 4.94. The fourth-order valence-electron chi connectivity index (χ4n) is 2.75. The highest BCUT2D eigenvalue weighted by atomic mass is 15.2. The molecule has 0 spiro atoms. The third-order valence-corrected chi connectivity index (χ3v) is 3.61. The van der Waals surface area contributed by atoms with E-state index in [2.05, 4.69) is 31.0 Å². The smallest absolute Gasteiger partial charge is 0.0306 e. The van der Waals surface area contributed by atoms with Gasteiger partial charge < -0.3 is 10.2 Å². The highest BCUT2D eigenvalue weighted by molar-refractivity contribution is 4.94. The summed E-state index contributed by atoms with van der Waals surface area (Å²) in [6.07, 6.45) is 6.56. The molecule has 2 nitrogen and oxygen atoms in total. The summed E-state index contributed by atoms with van der Waals surface area (Å²) in [4.78, 5) is 2.64. The molecule has 0 aromatic rings. The third-order valence-electron chi connectivity index (χ3n) is 3.61. The van der Waals surface area contributed by atoms with Crippen molar-refractivity contribution in [1.29, 1.82) is 0 Å². The van der Waals surface area contributed by atoms with Crippen LogP contribution >= 0.6 is 0 Å². The molecule has 90 valence electrons. The van der Waals surface area contributed by atoms with Gasteiger partial charge in [0.05, 0.1) is 0 Å². The molecule has 0 bridgehead atoms. The number of nitrogens with one attached hydrogen (secondary N) is 1. The zero-order valence-electron chi connectivity index (χ0n) is 10.8. The van der Waals surface area contributed by atoms with Gasteiger partial charge in [0.25, 0.3) is 0 Å². The maximum absolute atomic E-state index is 3.73. The van der Waals surface area contributed by atoms with E-state index in [1.807, 2.05) is 0 Å². The quantitative estimate of drug-likeness (QED) is 0.698. The Balaban J connectivity index is 2.46. The second-order valence-electron chi connectivity index (χ2n) is 4.94. The largest absolute Gasteiger partial charge is 0.310 e. The maximum atomic E-state index is 3.73. The van der Waals surface area contributed by atoms with Gasteiger partial charge in [-0.05, 0) is 51.7 Å². The number of nitrogens with zero attached hydrogens (tertiary/aromatic N) is 1. The Morgan fingerprint density at radius 1 is 1.13 bits per heavy atom. The normalized spacial score (nSPS) is 26.4. The molecule has 2 heteroatoms. The molecule has 1 aliphatic rings. The summed E-state index contributed by atoms with van der Waals surface area (Å²) >= 11 is 0. The van der Waals surface area contributed by atoms with Crippen LogP contribution in [0.15, 0.2) is 0 Å². The first-order valence-electron chi connectivity index (χ1n) is 6.73. The van der Waals surface area contributed by atoms with Gasteiger partial charge in [0.15, 0.2) is 0 Å². The summed E-state index contributed by atoms with van der Waals surface area (Å²) < 4.78 is 0. The van der Waals surface area contributed by atoms with Gasteiger partial charge in [-0.25, -0.2) is 0 Å². The molecule has 1 aliphatic heterocycles. The molecular weight excluding hydrogens is 184 g/mol. The maximum Gasteiger partial charge on any atom is 0.0306 e. The Hall–Kier alpha value is -0.0800. The summed E-state index contributed by atoms with van der Waals surface area (Å²) in [6.45, 7) is 11.9. The lowest BCUT2D eigenvalue weighted by Gasteiger charge is -2.35. The minimum absolute atomic E-state index is 0.435. The van der Waals surface area contributed by atoms with Crippen LogP contribution in [0.3, 0.4) is 0 Å². The lowest BCUT2D eigenvalue weighted by molar-refractivity contribution is 0.188. The Morgan fingerprint density at radius 2 is 1.80 bits per heavy atom. The predicted octanol–water partition coefficient (Wildman–Crippen LogP) is 2.64. The summed E-state index contributed by atoms with van der Waals surface area (Å²) in [7, 11) is 0. The average molecular weight is 212 g/mol. The lowest BCUT2D eigenvalue weighted by atomic mass is 9.93. The zero-order chi connectivity index (χ0) is 11.1. The van der Waals surface area contributed by atoms with E-state index < -0.39 is 0 Å². The van der Waals surface area contributed by atoms with E-state index in [9.17, 15) is 0 Å². The van der Waals surface area contributed by atoms with Crippen LogP contribution in [0.25, 0.3) is 0 Å². The van der Waals surface area contributed by atoms with Crippen LogP contribution in [0.4, 0.5) is 0 Å². The first kappa shape index (κ1) is 13.0. The fourth-order valence-corrected chi connectivity index (χ4v) is 2.75. The molecular formula is C13H28N2. The van der Waals surface area contributed by atoms with Crippen LogP contribution in [-0.4, -0.2) is 36.6 Å². The van der Waals surface area contributed by atoms with Crippen molar-refractivity contribution in [2.45, 2.75) is 58.4 Å². The van der Waals surface area contributed by atoms with Gasteiger partial charge in [-0.2, -0.15) is 0 Å². The van der Waals surface area contributed by atoms with Gasteiger partial charge >= 0.3 is 0 Å². The van der Waals surface area contributed by atoms with Gasteiger partial charge in [0, 0.05) is 12.1 Å². The van der Waals surface area contributed by atoms with Gasteiger partial charge in [0.1, 0.15) is 0 Å². The van der Waals surface area contributed by atoms with Crippen LogP contribution in [0.2, 0.25) is 0 Å². The first-order chi connectivity index (χ1) is 7.26. The standard InChI is InChI=1S/C13H28N2/c1-4-10-15(11-5-2)12-13(6-3)8-7-9-14-13/h14H,4-12H2,1-3H3. The van der Waals surface area contributed by atoms with Crippen molar-refractivity contribution in [1.82, 2.24) is 10.2 Å². The molecule has 1 heterocycles. The van der Waals surface area contributed by atoms with Gasteiger partial charge in [-0.1, -0.05) is 20.8 Å². The summed E-state index contributed by atoms with van der Waals surface area (Å²) in [5, 5.41) is 3.73. The van der Waals surface area contributed by atoms with E-state index in [0.717, 1.165) is 0 Å². The molecule has 0 radical (unpaired) electrons. The van der Waals surface area contributed by atoms with E-state index in [0.29, 0.717) is 5.54 Å². The molecule has 0 aromatic carbocycles. The first-order valence-corrected chi connectivity index (χ1v) is 6.73. The Morgan fingerprint density at radius 3 is 2.20 bits per heavy atom. The van der Waals surface area contributed by atoms with Crippen molar-refractivity contribution >= 4 is 0 Å². The monoisotopic (exact) mass is 212 g/mol. The van der Waals surface area contributed by atoms with Gasteiger partial charge in [-0.3, -0.25) is 0 Å². The van der Waals surface area contributed by atoms with Crippen molar-refractivity contribution in [3.8, 4) is 0 Å². The summed E-state index contributed by atoms with van der Waals surface area (Å²) in [5.41, 5.74) is 0.435. The molecule has 1 rings (SSSR count). The topological polar surface area (TPSA) is 15.3 Å². The molecule has 0 amide bonds. The molecule has 1 atom stereocenters. The van der Waals surface area contributed by atoms with E-state index >= 15 is 0 Å². The molecule has 1 fully saturated rings. The highest BCUT2D eigenvalue weighted by Crippen LogP contribution is 2.24. The number of hydrogen-bond donors (Lipinski definition) is 1. The van der Waals surface area contributed by atoms with Crippen LogP contribution in [0.5, 0.6) is 0 Å². The van der Waals surface area contributed by atoms with E-state index in [1.54, 1.807) is 0 Å². The Kier molecular flexibility index (Phi) is 5.62. The lowest BCUT2D eigenvalue weighted by Crippen LogP contribution is -2.49. The van der Waals surface area contributed by atoms with Crippen molar-refractivity contribution < 1.29 is 0 Å². The minimum Gasteiger partial charge on any atom is -0.310 e.